The Morgan fingerprint density at radius 1 is 1.08 bits per heavy atom. The number of hydrogen-bond donors (Lipinski definition) is 2. The highest BCUT2D eigenvalue weighted by molar-refractivity contribution is 6.51. The van der Waals surface area contributed by atoms with Gasteiger partial charge in [-0.1, -0.05) is 18.2 Å². The van der Waals surface area contributed by atoms with Crippen molar-refractivity contribution in [2.45, 2.75) is 32.9 Å². The maximum absolute atomic E-state index is 14.2. The molecule has 5 rings (SSSR count). The van der Waals surface area contributed by atoms with E-state index in [0.29, 0.717) is 22.3 Å². The number of ketones is 1. The minimum Gasteiger partial charge on any atom is -0.507 e. The Morgan fingerprint density at radius 3 is 2.50 bits per heavy atom. The fourth-order valence-corrected chi connectivity index (χ4v) is 4.60. The lowest BCUT2D eigenvalue weighted by atomic mass is 9.95. The Morgan fingerprint density at radius 2 is 1.82 bits per heavy atom. The van der Waals surface area contributed by atoms with Crippen molar-refractivity contribution in [1.29, 1.82) is 0 Å². The number of nitrogens with zero attached hydrogens (tertiary/aromatic N) is 2. The molecule has 1 amide bonds. The average Bonchev–Trinajstić information content (AvgIpc) is 3.41. The van der Waals surface area contributed by atoms with E-state index < -0.39 is 29.3 Å². The summed E-state index contributed by atoms with van der Waals surface area (Å²) in [5, 5.41) is 11.4. The molecule has 4 aromatic rings. The average molecular weight is 516 g/mol. The molecule has 3 aromatic carbocycles. The number of methoxy groups -OCH3 is 1. The van der Waals surface area contributed by atoms with Gasteiger partial charge in [-0.05, 0) is 74.4 Å². The van der Waals surface area contributed by atoms with Crippen LogP contribution in [-0.2, 0) is 9.59 Å². The van der Waals surface area contributed by atoms with Gasteiger partial charge >= 0.3 is 5.91 Å². The third-order valence-corrected chi connectivity index (χ3v) is 6.28. The number of anilines is 1. The van der Waals surface area contributed by atoms with E-state index in [1.807, 2.05) is 39.0 Å². The number of halogens is 1. The van der Waals surface area contributed by atoms with Gasteiger partial charge in [-0.3, -0.25) is 14.5 Å². The van der Waals surface area contributed by atoms with E-state index >= 15 is 0 Å². The predicted octanol–water partition coefficient (Wildman–Crippen LogP) is 5.43. The highest BCUT2D eigenvalue weighted by Crippen LogP contribution is 2.43. The second-order valence-electron chi connectivity index (χ2n) is 9.33. The number of ether oxygens (including phenoxy) is 2. The zero-order valence-corrected chi connectivity index (χ0v) is 21.3. The maximum Gasteiger partial charge on any atom is 0.302 e. The zero-order valence-electron chi connectivity index (χ0n) is 21.3. The van der Waals surface area contributed by atoms with Gasteiger partial charge in [0, 0.05) is 0 Å². The number of aliphatic hydroxyl groups is 1. The third-order valence-electron chi connectivity index (χ3n) is 6.28. The number of fused-ring (bicyclic) bond motifs is 1. The van der Waals surface area contributed by atoms with Crippen molar-refractivity contribution >= 4 is 34.4 Å². The first-order valence-electron chi connectivity index (χ1n) is 12.1. The smallest absolute Gasteiger partial charge is 0.302 e. The number of rotatable bonds is 6. The van der Waals surface area contributed by atoms with E-state index in [0.717, 1.165) is 11.6 Å². The van der Waals surface area contributed by atoms with E-state index in [9.17, 15) is 19.1 Å². The van der Waals surface area contributed by atoms with Crippen LogP contribution in [0.2, 0.25) is 0 Å². The Kier molecular flexibility index (Phi) is 6.36. The SMILES string of the molecule is COc1ccc(F)cc1/C(O)=C1\C(=O)C(=O)N(c2nc3ccc(C)cc3[nH]2)C1c1ccc(OC(C)C)cc1. The molecule has 0 radical (unpaired) electrons. The molecule has 1 aliphatic rings. The van der Waals surface area contributed by atoms with E-state index in [-0.39, 0.29) is 28.9 Å². The Labute approximate surface area is 218 Å². The topological polar surface area (TPSA) is 105 Å². The molecule has 1 saturated heterocycles. The fraction of sp³-hybridized carbons (Fsp3) is 0.207. The number of carbonyl (C=O) groups is 2. The summed E-state index contributed by atoms with van der Waals surface area (Å²) in [6, 6.07) is 15.0. The van der Waals surface area contributed by atoms with E-state index in [2.05, 4.69) is 9.97 Å². The molecule has 1 atom stereocenters. The summed E-state index contributed by atoms with van der Waals surface area (Å²) >= 11 is 0. The van der Waals surface area contributed by atoms with Crippen molar-refractivity contribution in [3.63, 3.8) is 0 Å². The largest absolute Gasteiger partial charge is 0.507 e. The van der Waals surface area contributed by atoms with Crippen molar-refractivity contribution in [1.82, 2.24) is 9.97 Å². The summed E-state index contributed by atoms with van der Waals surface area (Å²) in [4.78, 5) is 35.8. The van der Waals surface area contributed by atoms with Crippen LogP contribution in [-0.4, -0.2) is 40.0 Å². The van der Waals surface area contributed by atoms with Gasteiger partial charge in [-0.2, -0.15) is 0 Å². The molecule has 1 unspecified atom stereocenters. The van der Waals surface area contributed by atoms with Crippen LogP contribution in [0.25, 0.3) is 16.8 Å². The lowest BCUT2D eigenvalue weighted by Crippen LogP contribution is -2.30. The molecular formula is C29H26FN3O5. The first kappa shape index (κ1) is 25.0. The van der Waals surface area contributed by atoms with Crippen molar-refractivity contribution in [3.8, 4) is 11.5 Å². The second-order valence-corrected chi connectivity index (χ2v) is 9.33. The van der Waals surface area contributed by atoms with Crippen molar-refractivity contribution in [3.05, 3.63) is 88.7 Å². The molecule has 1 fully saturated rings. The van der Waals surface area contributed by atoms with Crippen LogP contribution in [0.4, 0.5) is 10.3 Å². The fourth-order valence-electron chi connectivity index (χ4n) is 4.60. The number of aliphatic hydroxyl groups excluding tert-OH is 1. The molecule has 2 heterocycles. The van der Waals surface area contributed by atoms with Crippen LogP contribution in [0.3, 0.4) is 0 Å². The Hall–Kier alpha value is -4.66. The first-order valence-corrected chi connectivity index (χ1v) is 12.1. The number of benzene rings is 3. The first-order chi connectivity index (χ1) is 18.2. The normalized spacial score (nSPS) is 17.0. The summed E-state index contributed by atoms with van der Waals surface area (Å²) in [6.45, 7) is 5.73. The van der Waals surface area contributed by atoms with Crippen LogP contribution >= 0.6 is 0 Å². The van der Waals surface area contributed by atoms with Gasteiger partial charge in [0.1, 0.15) is 23.1 Å². The van der Waals surface area contributed by atoms with Gasteiger partial charge in [-0.25, -0.2) is 9.37 Å². The Bertz CT molecular complexity index is 1590. The quantitative estimate of drug-likeness (QED) is 0.202. The van der Waals surface area contributed by atoms with Crippen molar-refractivity contribution in [2.75, 3.05) is 12.0 Å². The van der Waals surface area contributed by atoms with Gasteiger partial charge in [0.2, 0.25) is 5.95 Å². The van der Waals surface area contributed by atoms with Gasteiger partial charge < -0.3 is 19.6 Å². The predicted molar refractivity (Wildman–Crippen MR) is 141 cm³/mol. The second kappa shape index (κ2) is 9.66. The van der Waals surface area contributed by atoms with Gasteiger partial charge in [0.15, 0.2) is 0 Å². The molecule has 9 heteroatoms. The minimum atomic E-state index is -1.06. The molecular weight excluding hydrogens is 489 g/mol. The highest BCUT2D eigenvalue weighted by Gasteiger charge is 2.48. The summed E-state index contributed by atoms with van der Waals surface area (Å²) in [5.41, 5.74) is 2.55. The van der Waals surface area contributed by atoms with Crippen LogP contribution in [0.1, 0.15) is 36.6 Å². The van der Waals surface area contributed by atoms with E-state index in [1.54, 1.807) is 24.3 Å². The van der Waals surface area contributed by atoms with Crippen LogP contribution in [0.15, 0.2) is 66.2 Å². The summed E-state index contributed by atoms with van der Waals surface area (Å²) in [5.74, 6) is -2.11. The number of aromatic amines is 1. The molecule has 0 bridgehead atoms. The number of aryl methyl sites for hydroxylation is 1. The minimum absolute atomic E-state index is 0.0458. The molecule has 0 saturated carbocycles. The van der Waals surface area contributed by atoms with Crippen LogP contribution in [0.5, 0.6) is 11.5 Å². The lowest BCUT2D eigenvalue weighted by molar-refractivity contribution is -0.132. The van der Waals surface area contributed by atoms with E-state index in [1.165, 1.54) is 24.1 Å². The molecule has 0 spiro atoms. The molecule has 0 aliphatic carbocycles. The molecule has 2 N–H and O–H groups in total. The number of carbonyl (C=O) groups excluding carboxylic acids is 2. The summed E-state index contributed by atoms with van der Waals surface area (Å²) < 4.78 is 25.2. The lowest BCUT2D eigenvalue weighted by Gasteiger charge is -2.23. The molecule has 38 heavy (non-hydrogen) atoms. The number of amides is 1. The maximum atomic E-state index is 14.2. The van der Waals surface area contributed by atoms with Crippen molar-refractivity contribution in [2.24, 2.45) is 0 Å². The standard InChI is InChI=1S/C29H26FN3O5/c1-15(2)38-19-9-6-17(7-10-19)25-24(26(34)20-14-18(30)8-12-23(20)37-4)27(35)28(36)33(25)29-31-21-11-5-16(3)13-22(21)32-29/h5-15,25,34H,1-4H3,(H,31,32)/b26-24+. The zero-order chi connectivity index (χ0) is 27.1. The van der Waals surface area contributed by atoms with Gasteiger partial charge in [0.05, 0.1) is 41.4 Å². The molecule has 8 nitrogen and oxygen atoms in total. The van der Waals surface area contributed by atoms with E-state index in [4.69, 9.17) is 9.47 Å². The van der Waals surface area contributed by atoms with Crippen molar-refractivity contribution < 1.29 is 28.6 Å². The summed E-state index contributed by atoms with van der Waals surface area (Å²) in [6.07, 6.45) is -0.0501. The van der Waals surface area contributed by atoms with Gasteiger partial charge in [-0.15, -0.1) is 0 Å². The number of nitrogens with one attached hydrogen (secondary N) is 1. The summed E-state index contributed by atoms with van der Waals surface area (Å²) in [7, 11) is 1.37. The number of H-pyrrole nitrogens is 1. The van der Waals surface area contributed by atoms with Crippen LogP contribution in [0, 0.1) is 12.7 Å². The molecule has 1 aromatic heterocycles. The Balaban J connectivity index is 1.72. The number of aromatic nitrogens is 2. The number of Topliss-reactive ketones (excluding diaryl/α,β-unsaturated/α-hetero) is 1. The molecule has 1 aliphatic heterocycles. The third kappa shape index (κ3) is 4.36. The highest BCUT2D eigenvalue weighted by atomic mass is 19.1. The van der Waals surface area contributed by atoms with Gasteiger partial charge in [0.25, 0.3) is 5.78 Å². The molecule has 194 valence electrons. The number of hydrogen-bond acceptors (Lipinski definition) is 6. The van der Waals surface area contributed by atoms with Crippen LogP contribution < -0.4 is 14.4 Å². The number of imidazole rings is 1. The monoisotopic (exact) mass is 515 g/mol.